The Morgan fingerprint density at radius 1 is 1.23 bits per heavy atom. The minimum absolute atomic E-state index is 0.0576. The van der Waals surface area contributed by atoms with Crippen molar-refractivity contribution in [3.63, 3.8) is 0 Å². The highest BCUT2D eigenvalue weighted by molar-refractivity contribution is 9.10. The Morgan fingerprint density at radius 3 is 3.00 bits per heavy atom. The highest BCUT2D eigenvalue weighted by Gasteiger charge is 2.14. The summed E-state index contributed by atoms with van der Waals surface area (Å²) in [7, 11) is 0. The largest absolute Gasteiger partial charge is 0.493 e. The summed E-state index contributed by atoms with van der Waals surface area (Å²) in [5.74, 6) is 1.56. The average molecular weight is 412 g/mol. The number of nitrogens with one attached hydrogen (secondary N) is 1. The number of fused-ring (bicyclic) bond motifs is 1. The molecule has 4 rings (SSSR count). The molecule has 0 radical (unpaired) electrons. The third-order valence-corrected chi connectivity index (χ3v) is 5.15. The Bertz CT molecular complexity index is 952. The molecule has 0 saturated carbocycles. The molecule has 0 saturated heterocycles. The molecule has 0 spiro atoms. The van der Waals surface area contributed by atoms with Gasteiger partial charge in [0.1, 0.15) is 11.6 Å². The first-order chi connectivity index (χ1) is 12.7. The molecule has 0 fully saturated rings. The van der Waals surface area contributed by atoms with Gasteiger partial charge >= 0.3 is 0 Å². The van der Waals surface area contributed by atoms with Crippen molar-refractivity contribution >= 4 is 27.7 Å². The van der Waals surface area contributed by atoms with Crippen LogP contribution in [0.25, 0.3) is 0 Å². The van der Waals surface area contributed by atoms with Crippen molar-refractivity contribution in [1.82, 2.24) is 9.78 Å². The summed E-state index contributed by atoms with van der Waals surface area (Å²) in [5, 5.41) is 7.29. The second-order valence-electron chi connectivity index (χ2n) is 6.23. The Kier molecular flexibility index (Phi) is 4.75. The Morgan fingerprint density at radius 2 is 2.12 bits per heavy atom. The van der Waals surface area contributed by atoms with E-state index >= 15 is 0 Å². The number of hydrogen-bond donors (Lipinski definition) is 1. The predicted octanol–water partition coefficient (Wildman–Crippen LogP) is 3.81. The van der Waals surface area contributed by atoms with E-state index in [1.165, 1.54) is 5.56 Å². The van der Waals surface area contributed by atoms with Crippen molar-refractivity contribution in [3.05, 3.63) is 75.9 Å². The second kappa shape index (κ2) is 7.33. The zero-order chi connectivity index (χ0) is 17.9. The van der Waals surface area contributed by atoms with Gasteiger partial charge in [-0.25, -0.2) is 4.68 Å². The molecule has 1 aliphatic heterocycles. The number of amides is 1. The topological polar surface area (TPSA) is 56.1 Å². The van der Waals surface area contributed by atoms with Crippen LogP contribution in [0, 0.1) is 0 Å². The van der Waals surface area contributed by atoms with E-state index in [0.29, 0.717) is 18.8 Å². The van der Waals surface area contributed by atoms with Crippen LogP contribution in [-0.4, -0.2) is 22.3 Å². The van der Waals surface area contributed by atoms with Gasteiger partial charge in [0.05, 0.1) is 25.8 Å². The molecule has 0 atom stereocenters. The monoisotopic (exact) mass is 411 g/mol. The molecule has 6 heteroatoms. The molecule has 0 aliphatic carbocycles. The molecule has 3 aromatic rings. The van der Waals surface area contributed by atoms with Crippen molar-refractivity contribution in [1.29, 1.82) is 0 Å². The number of anilines is 1. The van der Waals surface area contributed by atoms with Crippen LogP contribution in [0.1, 0.15) is 16.7 Å². The molecule has 26 heavy (non-hydrogen) atoms. The SMILES string of the molecule is O=C(Cc1ccc2c(c1)CCO2)Nc1ccnn1Cc1ccccc1Br. The number of benzene rings is 2. The third kappa shape index (κ3) is 3.65. The lowest BCUT2D eigenvalue weighted by Crippen LogP contribution is -2.18. The highest BCUT2D eigenvalue weighted by Crippen LogP contribution is 2.26. The number of rotatable bonds is 5. The molecular formula is C20H18BrN3O2. The van der Waals surface area contributed by atoms with E-state index in [4.69, 9.17) is 4.74 Å². The molecule has 0 bridgehead atoms. The predicted molar refractivity (Wildman–Crippen MR) is 103 cm³/mol. The zero-order valence-corrected chi connectivity index (χ0v) is 15.7. The standard InChI is InChI=1S/C20H18BrN3O2/c21-17-4-2-1-3-16(17)13-24-19(7-9-22-24)23-20(25)12-14-5-6-18-15(11-14)8-10-26-18/h1-7,9,11H,8,10,12-13H2,(H,23,25). The lowest BCUT2D eigenvalue weighted by atomic mass is 10.1. The van der Waals surface area contributed by atoms with Crippen LogP contribution in [0.3, 0.4) is 0 Å². The molecular weight excluding hydrogens is 394 g/mol. The second-order valence-corrected chi connectivity index (χ2v) is 7.09. The molecule has 5 nitrogen and oxygen atoms in total. The summed E-state index contributed by atoms with van der Waals surface area (Å²) in [6, 6.07) is 15.7. The summed E-state index contributed by atoms with van der Waals surface area (Å²) >= 11 is 3.55. The van der Waals surface area contributed by atoms with Crippen LogP contribution >= 0.6 is 15.9 Å². The summed E-state index contributed by atoms with van der Waals surface area (Å²) in [4.78, 5) is 12.5. The maximum atomic E-state index is 12.5. The molecule has 0 unspecified atom stereocenters. The number of hydrogen-bond acceptors (Lipinski definition) is 3. The quantitative estimate of drug-likeness (QED) is 0.694. The van der Waals surface area contributed by atoms with Crippen LogP contribution in [-0.2, 0) is 24.2 Å². The van der Waals surface area contributed by atoms with Crippen molar-refractivity contribution in [2.75, 3.05) is 11.9 Å². The fraction of sp³-hybridized carbons (Fsp3) is 0.200. The van der Waals surface area contributed by atoms with Gasteiger partial charge in [0.15, 0.2) is 0 Å². The fourth-order valence-electron chi connectivity index (χ4n) is 3.08. The number of nitrogens with zero attached hydrogens (tertiary/aromatic N) is 2. The Hall–Kier alpha value is -2.60. The van der Waals surface area contributed by atoms with Crippen LogP contribution in [0.15, 0.2) is 59.2 Å². The molecule has 1 aromatic heterocycles. The maximum absolute atomic E-state index is 12.5. The first kappa shape index (κ1) is 16.8. The number of halogens is 1. The number of aromatic nitrogens is 2. The minimum atomic E-state index is -0.0576. The average Bonchev–Trinajstić information content (AvgIpc) is 3.26. The van der Waals surface area contributed by atoms with Gasteiger partial charge in [0, 0.05) is 17.0 Å². The molecule has 2 aromatic carbocycles. The Balaban J connectivity index is 1.44. The molecule has 1 amide bonds. The Labute approximate surface area is 160 Å². The van der Waals surface area contributed by atoms with E-state index in [9.17, 15) is 4.79 Å². The number of carbonyl (C=O) groups is 1. The molecule has 132 valence electrons. The smallest absolute Gasteiger partial charge is 0.229 e. The number of ether oxygens (including phenoxy) is 1. The summed E-state index contributed by atoms with van der Waals surface area (Å²) in [5.41, 5.74) is 3.27. The summed E-state index contributed by atoms with van der Waals surface area (Å²) < 4.78 is 8.32. The summed E-state index contributed by atoms with van der Waals surface area (Å²) in [6.45, 7) is 1.30. The molecule has 1 N–H and O–H groups in total. The molecule has 2 heterocycles. The third-order valence-electron chi connectivity index (χ3n) is 4.38. The van der Waals surface area contributed by atoms with Crippen molar-refractivity contribution in [2.45, 2.75) is 19.4 Å². The van der Waals surface area contributed by atoms with Gasteiger partial charge in [-0.15, -0.1) is 0 Å². The van der Waals surface area contributed by atoms with Gasteiger partial charge in [-0.2, -0.15) is 5.10 Å². The normalized spacial score (nSPS) is 12.5. The van der Waals surface area contributed by atoms with E-state index in [1.54, 1.807) is 10.9 Å². The van der Waals surface area contributed by atoms with Crippen molar-refractivity contribution in [3.8, 4) is 5.75 Å². The first-order valence-corrected chi connectivity index (χ1v) is 9.28. The summed E-state index contributed by atoms with van der Waals surface area (Å²) in [6.07, 6.45) is 2.93. The van der Waals surface area contributed by atoms with E-state index in [2.05, 4.69) is 32.4 Å². The minimum Gasteiger partial charge on any atom is -0.493 e. The van der Waals surface area contributed by atoms with Crippen LogP contribution in [0.4, 0.5) is 5.82 Å². The van der Waals surface area contributed by atoms with E-state index in [0.717, 1.165) is 34.4 Å². The van der Waals surface area contributed by atoms with Crippen molar-refractivity contribution in [2.24, 2.45) is 0 Å². The van der Waals surface area contributed by atoms with Gasteiger partial charge in [0.25, 0.3) is 0 Å². The van der Waals surface area contributed by atoms with Gasteiger partial charge in [-0.1, -0.05) is 46.3 Å². The first-order valence-electron chi connectivity index (χ1n) is 8.49. The van der Waals surface area contributed by atoms with Gasteiger partial charge in [-0.05, 0) is 28.8 Å². The van der Waals surface area contributed by atoms with Gasteiger partial charge in [0.2, 0.25) is 5.91 Å². The lowest BCUT2D eigenvalue weighted by molar-refractivity contribution is -0.115. The lowest BCUT2D eigenvalue weighted by Gasteiger charge is -2.10. The van der Waals surface area contributed by atoms with Gasteiger partial charge in [-0.3, -0.25) is 4.79 Å². The van der Waals surface area contributed by atoms with E-state index in [1.807, 2.05) is 42.5 Å². The zero-order valence-electron chi connectivity index (χ0n) is 14.1. The van der Waals surface area contributed by atoms with Crippen LogP contribution in [0.2, 0.25) is 0 Å². The van der Waals surface area contributed by atoms with Gasteiger partial charge < -0.3 is 10.1 Å². The van der Waals surface area contributed by atoms with E-state index < -0.39 is 0 Å². The number of carbonyl (C=O) groups excluding carboxylic acids is 1. The maximum Gasteiger partial charge on any atom is 0.229 e. The fourth-order valence-corrected chi connectivity index (χ4v) is 3.49. The van der Waals surface area contributed by atoms with E-state index in [-0.39, 0.29) is 5.91 Å². The molecule has 1 aliphatic rings. The van der Waals surface area contributed by atoms with Crippen LogP contribution < -0.4 is 10.1 Å². The van der Waals surface area contributed by atoms with Crippen LogP contribution in [0.5, 0.6) is 5.75 Å². The highest BCUT2D eigenvalue weighted by atomic mass is 79.9. The van der Waals surface area contributed by atoms with Crippen molar-refractivity contribution < 1.29 is 9.53 Å².